The molecular formula is C14H15BrN2O2. The molecule has 0 aliphatic heterocycles. The van der Waals surface area contributed by atoms with Crippen molar-refractivity contribution in [1.29, 1.82) is 0 Å². The minimum Gasteiger partial charge on any atom is -0.492 e. The molecule has 0 saturated carbocycles. The lowest BCUT2D eigenvalue weighted by atomic mass is 10.1. The van der Waals surface area contributed by atoms with Gasteiger partial charge in [0, 0.05) is 29.8 Å². The molecule has 4 nitrogen and oxygen atoms in total. The normalized spacial score (nSPS) is 10.5. The van der Waals surface area contributed by atoms with Crippen molar-refractivity contribution < 1.29 is 9.53 Å². The van der Waals surface area contributed by atoms with Crippen LogP contribution in [0.5, 0.6) is 5.75 Å². The quantitative estimate of drug-likeness (QED) is 0.795. The Morgan fingerprint density at radius 3 is 2.84 bits per heavy atom. The molecule has 0 amide bonds. The summed E-state index contributed by atoms with van der Waals surface area (Å²) in [7, 11) is 1.90. The smallest absolute Gasteiger partial charge is 0.163 e. The molecule has 100 valence electrons. The maximum atomic E-state index is 11.5. The summed E-state index contributed by atoms with van der Waals surface area (Å²) in [5, 5.41) is 4.10. The van der Waals surface area contributed by atoms with E-state index in [1.165, 1.54) is 6.92 Å². The molecule has 1 aromatic carbocycles. The molecule has 0 radical (unpaired) electrons. The molecule has 0 atom stereocenters. The highest BCUT2D eigenvalue weighted by atomic mass is 79.9. The molecule has 0 unspecified atom stereocenters. The Balaban J connectivity index is 2.05. The van der Waals surface area contributed by atoms with Crippen molar-refractivity contribution in [2.45, 2.75) is 13.3 Å². The fraction of sp³-hybridized carbons (Fsp3) is 0.286. The van der Waals surface area contributed by atoms with Crippen LogP contribution in [0.1, 0.15) is 23.0 Å². The lowest BCUT2D eigenvalue weighted by molar-refractivity contribution is 0.101. The number of Topliss-reactive ketones (excluding diaryl/α,β-unsaturated/α-hetero) is 1. The number of carbonyl (C=O) groups excluding carboxylic acids is 1. The molecule has 0 bridgehead atoms. The molecule has 2 aromatic rings. The number of benzene rings is 1. The van der Waals surface area contributed by atoms with E-state index in [9.17, 15) is 4.79 Å². The van der Waals surface area contributed by atoms with E-state index in [-0.39, 0.29) is 5.78 Å². The van der Waals surface area contributed by atoms with Crippen LogP contribution in [0.4, 0.5) is 0 Å². The van der Waals surface area contributed by atoms with Crippen LogP contribution < -0.4 is 4.74 Å². The number of hydrogen-bond acceptors (Lipinski definition) is 3. The highest BCUT2D eigenvalue weighted by Gasteiger charge is 2.09. The standard InChI is InChI=1S/C14H15BrN2O2/c1-10(18)13-4-3-11(15)9-14(13)19-8-6-12-5-7-16-17(12)2/h3-5,7,9H,6,8H2,1-2H3. The molecule has 0 N–H and O–H groups in total. The van der Waals surface area contributed by atoms with Crippen molar-refractivity contribution in [1.82, 2.24) is 9.78 Å². The first kappa shape index (κ1) is 13.8. The Morgan fingerprint density at radius 2 is 2.21 bits per heavy atom. The van der Waals surface area contributed by atoms with Crippen molar-refractivity contribution in [3.8, 4) is 5.75 Å². The number of hydrogen-bond donors (Lipinski definition) is 0. The number of nitrogens with zero attached hydrogens (tertiary/aromatic N) is 2. The van der Waals surface area contributed by atoms with Gasteiger partial charge in [0.2, 0.25) is 0 Å². The van der Waals surface area contributed by atoms with Crippen molar-refractivity contribution in [3.63, 3.8) is 0 Å². The third-order valence-electron chi connectivity index (χ3n) is 2.86. The van der Waals surface area contributed by atoms with Crippen LogP contribution >= 0.6 is 15.9 Å². The average Bonchev–Trinajstić information content (AvgIpc) is 2.75. The first-order valence-corrected chi connectivity index (χ1v) is 6.77. The first-order chi connectivity index (χ1) is 9.08. The number of halogens is 1. The number of ether oxygens (including phenoxy) is 1. The van der Waals surface area contributed by atoms with Crippen LogP contribution in [0, 0.1) is 0 Å². The number of rotatable bonds is 5. The second kappa shape index (κ2) is 6.02. The van der Waals surface area contributed by atoms with E-state index >= 15 is 0 Å². The van der Waals surface area contributed by atoms with E-state index in [0.29, 0.717) is 17.9 Å². The number of carbonyl (C=O) groups is 1. The van der Waals surface area contributed by atoms with E-state index in [2.05, 4.69) is 21.0 Å². The van der Waals surface area contributed by atoms with Crippen LogP contribution in [0.15, 0.2) is 34.9 Å². The second-order valence-corrected chi connectivity index (χ2v) is 5.16. The summed E-state index contributed by atoms with van der Waals surface area (Å²) in [6.45, 7) is 2.05. The predicted octanol–water partition coefficient (Wildman–Crippen LogP) is 3.01. The highest BCUT2D eigenvalue weighted by Crippen LogP contribution is 2.24. The Bertz CT molecular complexity index is 593. The first-order valence-electron chi connectivity index (χ1n) is 5.98. The zero-order valence-corrected chi connectivity index (χ0v) is 12.5. The third kappa shape index (κ3) is 3.44. The maximum Gasteiger partial charge on any atom is 0.163 e. The largest absolute Gasteiger partial charge is 0.492 e. The minimum atomic E-state index is 0.00281. The molecule has 1 aromatic heterocycles. The summed E-state index contributed by atoms with van der Waals surface area (Å²) in [6.07, 6.45) is 2.51. The van der Waals surface area contributed by atoms with E-state index in [4.69, 9.17) is 4.74 Å². The van der Waals surface area contributed by atoms with Gasteiger partial charge in [-0.05, 0) is 31.2 Å². The van der Waals surface area contributed by atoms with Gasteiger partial charge in [0.15, 0.2) is 5.78 Å². The number of aromatic nitrogens is 2. The fourth-order valence-corrected chi connectivity index (χ4v) is 2.16. The summed E-state index contributed by atoms with van der Waals surface area (Å²) in [5.74, 6) is 0.618. The molecule has 19 heavy (non-hydrogen) atoms. The van der Waals surface area contributed by atoms with Crippen molar-refractivity contribution in [3.05, 3.63) is 46.2 Å². The summed E-state index contributed by atoms with van der Waals surface area (Å²) in [4.78, 5) is 11.5. The SMILES string of the molecule is CC(=O)c1ccc(Br)cc1OCCc1ccnn1C. The van der Waals surface area contributed by atoms with Crippen LogP contribution in [0.25, 0.3) is 0 Å². The molecule has 5 heteroatoms. The van der Waals surface area contributed by atoms with E-state index in [1.807, 2.05) is 29.9 Å². The summed E-state index contributed by atoms with van der Waals surface area (Å²) < 4.78 is 8.43. The third-order valence-corrected chi connectivity index (χ3v) is 3.35. The van der Waals surface area contributed by atoms with Gasteiger partial charge in [-0.15, -0.1) is 0 Å². The van der Waals surface area contributed by atoms with Gasteiger partial charge in [0.25, 0.3) is 0 Å². The Labute approximate surface area is 120 Å². The van der Waals surface area contributed by atoms with Gasteiger partial charge < -0.3 is 4.74 Å². The van der Waals surface area contributed by atoms with Gasteiger partial charge in [-0.25, -0.2) is 0 Å². The fourth-order valence-electron chi connectivity index (χ4n) is 1.82. The van der Waals surface area contributed by atoms with Gasteiger partial charge >= 0.3 is 0 Å². The van der Waals surface area contributed by atoms with Gasteiger partial charge in [0.05, 0.1) is 12.2 Å². The summed E-state index contributed by atoms with van der Waals surface area (Å²) >= 11 is 3.38. The van der Waals surface area contributed by atoms with Crippen molar-refractivity contribution in [2.75, 3.05) is 6.61 Å². The summed E-state index contributed by atoms with van der Waals surface area (Å²) in [5.41, 5.74) is 1.70. The molecule has 0 aliphatic carbocycles. The maximum absolute atomic E-state index is 11.5. The molecular weight excluding hydrogens is 308 g/mol. The van der Waals surface area contributed by atoms with Crippen molar-refractivity contribution in [2.24, 2.45) is 7.05 Å². The van der Waals surface area contributed by atoms with E-state index in [1.54, 1.807) is 12.3 Å². The monoisotopic (exact) mass is 322 g/mol. The van der Waals surface area contributed by atoms with Gasteiger partial charge in [-0.3, -0.25) is 9.48 Å². The van der Waals surface area contributed by atoms with Gasteiger partial charge in [0.1, 0.15) is 5.75 Å². The Kier molecular flexibility index (Phi) is 4.37. The summed E-state index contributed by atoms with van der Waals surface area (Å²) in [6, 6.07) is 7.38. The lowest BCUT2D eigenvalue weighted by Crippen LogP contribution is -2.08. The van der Waals surface area contributed by atoms with Crippen LogP contribution in [0.3, 0.4) is 0 Å². The van der Waals surface area contributed by atoms with E-state index in [0.717, 1.165) is 16.6 Å². The van der Waals surface area contributed by atoms with Gasteiger partial charge in [-0.2, -0.15) is 5.10 Å². The highest BCUT2D eigenvalue weighted by molar-refractivity contribution is 9.10. The second-order valence-electron chi connectivity index (χ2n) is 4.24. The zero-order valence-electron chi connectivity index (χ0n) is 10.9. The number of ketones is 1. The zero-order chi connectivity index (χ0) is 13.8. The topological polar surface area (TPSA) is 44.1 Å². The van der Waals surface area contributed by atoms with E-state index < -0.39 is 0 Å². The van der Waals surface area contributed by atoms with Gasteiger partial charge in [-0.1, -0.05) is 15.9 Å². The Hall–Kier alpha value is -1.62. The number of aryl methyl sites for hydroxylation is 1. The van der Waals surface area contributed by atoms with Crippen molar-refractivity contribution >= 4 is 21.7 Å². The molecule has 0 fully saturated rings. The molecule has 0 saturated heterocycles. The minimum absolute atomic E-state index is 0.00281. The van der Waals surface area contributed by atoms with Crippen LogP contribution in [-0.2, 0) is 13.5 Å². The van der Waals surface area contributed by atoms with Crippen LogP contribution in [-0.4, -0.2) is 22.2 Å². The molecule has 2 rings (SSSR count). The molecule has 1 heterocycles. The molecule has 0 spiro atoms. The lowest BCUT2D eigenvalue weighted by Gasteiger charge is -2.10. The Morgan fingerprint density at radius 1 is 1.42 bits per heavy atom. The average molecular weight is 323 g/mol. The molecule has 0 aliphatic rings. The van der Waals surface area contributed by atoms with Crippen LogP contribution in [0.2, 0.25) is 0 Å². The predicted molar refractivity (Wildman–Crippen MR) is 76.6 cm³/mol.